The summed E-state index contributed by atoms with van der Waals surface area (Å²) in [5, 5.41) is 8.87. The van der Waals surface area contributed by atoms with Crippen LogP contribution in [-0.2, 0) is 4.79 Å². The maximum absolute atomic E-state index is 13.4. The van der Waals surface area contributed by atoms with Crippen LogP contribution >= 0.6 is 15.9 Å². The van der Waals surface area contributed by atoms with E-state index in [0.717, 1.165) is 18.4 Å². The molecule has 1 atom stereocenters. The molecule has 2 rings (SSSR count). The molecule has 0 amide bonds. The molecule has 1 unspecified atom stereocenters. The van der Waals surface area contributed by atoms with Gasteiger partial charge in [-0.05, 0) is 52.2 Å². The van der Waals surface area contributed by atoms with Crippen molar-refractivity contribution in [1.29, 1.82) is 0 Å². The average Bonchev–Trinajstić information content (AvgIpc) is 3.02. The van der Waals surface area contributed by atoms with Gasteiger partial charge in [-0.15, -0.1) is 0 Å². The number of aliphatic carboxylic acids is 1. The fourth-order valence-corrected chi connectivity index (χ4v) is 2.58. The molecule has 0 aliphatic heterocycles. The van der Waals surface area contributed by atoms with Gasteiger partial charge in [0.1, 0.15) is 5.82 Å². The molecular weight excluding hydrogens is 275 g/mol. The van der Waals surface area contributed by atoms with Crippen molar-refractivity contribution in [1.82, 2.24) is 0 Å². The van der Waals surface area contributed by atoms with Gasteiger partial charge in [0, 0.05) is 0 Å². The van der Waals surface area contributed by atoms with Crippen LogP contribution in [0.25, 0.3) is 0 Å². The Morgan fingerprint density at radius 3 is 2.81 bits per heavy atom. The van der Waals surface area contributed by atoms with Gasteiger partial charge in [-0.1, -0.05) is 12.1 Å². The average molecular weight is 287 g/mol. The molecule has 1 fully saturated rings. The van der Waals surface area contributed by atoms with E-state index >= 15 is 0 Å². The number of hydrogen-bond acceptors (Lipinski definition) is 1. The SMILES string of the molecule is O=C(O)CC(c1cccc(F)c1Br)C1CC1. The molecule has 0 heterocycles. The minimum atomic E-state index is -0.826. The smallest absolute Gasteiger partial charge is 0.303 e. The van der Waals surface area contributed by atoms with E-state index in [-0.39, 0.29) is 18.2 Å². The van der Waals surface area contributed by atoms with Gasteiger partial charge in [-0.25, -0.2) is 4.39 Å². The molecule has 0 bridgehead atoms. The molecule has 2 nitrogen and oxygen atoms in total. The minimum absolute atomic E-state index is 0.0671. The lowest BCUT2D eigenvalue weighted by atomic mass is 9.91. The third-order valence-corrected chi connectivity index (χ3v) is 3.80. The molecule has 1 saturated carbocycles. The second-order valence-electron chi connectivity index (χ2n) is 4.18. The van der Waals surface area contributed by atoms with E-state index in [1.165, 1.54) is 6.07 Å². The molecular formula is C12H12BrFO2. The number of rotatable bonds is 4. The van der Waals surface area contributed by atoms with Gasteiger partial charge in [-0.2, -0.15) is 0 Å². The Kier molecular flexibility index (Phi) is 3.28. The lowest BCUT2D eigenvalue weighted by Gasteiger charge is -2.16. The quantitative estimate of drug-likeness (QED) is 0.919. The number of benzene rings is 1. The number of carboxylic acid groups (broad SMARTS) is 1. The standard InChI is InChI=1S/C12H12BrFO2/c13-12-8(2-1-3-10(12)14)9(6-11(15)16)7-4-5-7/h1-3,7,9H,4-6H2,(H,15,16). The Balaban J connectivity index is 2.30. The highest BCUT2D eigenvalue weighted by Gasteiger charge is 2.35. The van der Waals surface area contributed by atoms with Crippen LogP contribution in [0.15, 0.2) is 22.7 Å². The highest BCUT2D eigenvalue weighted by atomic mass is 79.9. The summed E-state index contributed by atoms with van der Waals surface area (Å²) < 4.78 is 13.8. The number of halogens is 2. The van der Waals surface area contributed by atoms with Crippen molar-refractivity contribution in [3.8, 4) is 0 Å². The zero-order chi connectivity index (χ0) is 11.7. The molecule has 0 aromatic heterocycles. The number of carbonyl (C=O) groups is 1. The summed E-state index contributed by atoms with van der Waals surface area (Å²) in [6.07, 6.45) is 2.16. The molecule has 0 radical (unpaired) electrons. The fourth-order valence-electron chi connectivity index (χ4n) is 2.02. The highest BCUT2D eigenvalue weighted by molar-refractivity contribution is 9.10. The van der Waals surface area contributed by atoms with E-state index in [1.807, 2.05) is 0 Å². The van der Waals surface area contributed by atoms with Crippen molar-refractivity contribution >= 4 is 21.9 Å². The van der Waals surface area contributed by atoms with E-state index in [4.69, 9.17) is 5.11 Å². The topological polar surface area (TPSA) is 37.3 Å². The first kappa shape index (κ1) is 11.6. The van der Waals surface area contributed by atoms with Crippen LogP contribution in [-0.4, -0.2) is 11.1 Å². The predicted octanol–water partition coefficient (Wildman–Crippen LogP) is 3.56. The van der Waals surface area contributed by atoms with Gasteiger partial charge in [0.05, 0.1) is 10.9 Å². The van der Waals surface area contributed by atoms with Gasteiger partial charge in [0.25, 0.3) is 0 Å². The van der Waals surface area contributed by atoms with Crippen LogP contribution in [0.5, 0.6) is 0 Å². The summed E-state index contributed by atoms with van der Waals surface area (Å²) in [5.74, 6) is -0.821. The molecule has 1 aromatic rings. The zero-order valence-corrected chi connectivity index (χ0v) is 10.2. The molecule has 86 valence electrons. The Bertz CT molecular complexity index is 415. The number of carboxylic acids is 1. The molecule has 1 aliphatic rings. The van der Waals surface area contributed by atoms with Gasteiger partial charge < -0.3 is 5.11 Å². The molecule has 16 heavy (non-hydrogen) atoms. The van der Waals surface area contributed by atoms with Crippen LogP contribution in [0.2, 0.25) is 0 Å². The predicted molar refractivity (Wildman–Crippen MR) is 61.8 cm³/mol. The van der Waals surface area contributed by atoms with Gasteiger partial charge in [-0.3, -0.25) is 4.79 Å². The first-order valence-electron chi connectivity index (χ1n) is 5.25. The largest absolute Gasteiger partial charge is 0.481 e. The summed E-state index contributed by atoms with van der Waals surface area (Å²) in [6, 6.07) is 4.81. The number of hydrogen-bond donors (Lipinski definition) is 1. The Morgan fingerprint density at radius 1 is 1.56 bits per heavy atom. The van der Waals surface area contributed by atoms with Crippen molar-refractivity contribution in [2.75, 3.05) is 0 Å². The Morgan fingerprint density at radius 2 is 2.25 bits per heavy atom. The third-order valence-electron chi connectivity index (χ3n) is 2.97. The Labute approximate surface area is 102 Å². The van der Waals surface area contributed by atoms with Crippen molar-refractivity contribution in [3.05, 3.63) is 34.1 Å². The van der Waals surface area contributed by atoms with Gasteiger partial charge in [0.15, 0.2) is 0 Å². The second-order valence-corrected chi connectivity index (χ2v) is 4.98. The van der Waals surface area contributed by atoms with Crippen LogP contribution in [0.1, 0.15) is 30.7 Å². The molecule has 0 spiro atoms. The zero-order valence-electron chi connectivity index (χ0n) is 8.62. The van der Waals surface area contributed by atoms with Crippen LogP contribution in [0, 0.1) is 11.7 Å². The summed E-state index contributed by atoms with van der Waals surface area (Å²) in [5.41, 5.74) is 0.782. The lowest BCUT2D eigenvalue weighted by Crippen LogP contribution is -2.09. The minimum Gasteiger partial charge on any atom is -0.481 e. The van der Waals surface area contributed by atoms with Gasteiger partial charge in [0.2, 0.25) is 0 Å². The molecule has 1 N–H and O–H groups in total. The van der Waals surface area contributed by atoms with E-state index in [2.05, 4.69) is 15.9 Å². The highest BCUT2D eigenvalue weighted by Crippen LogP contribution is 2.46. The summed E-state index contributed by atoms with van der Waals surface area (Å²) in [4.78, 5) is 10.8. The van der Waals surface area contributed by atoms with Crippen LogP contribution < -0.4 is 0 Å². The normalized spacial score (nSPS) is 17.1. The maximum atomic E-state index is 13.4. The third kappa shape index (κ3) is 2.43. The first-order chi connectivity index (χ1) is 7.59. The summed E-state index contributed by atoms with van der Waals surface area (Å²) in [6.45, 7) is 0. The van der Waals surface area contributed by atoms with Crippen molar-refractivity contribution in [3.63, 3.8) is 0 Å². The summed E-state index contributed by atoms with van der Waals surface area (Å²) in [7, 11) is 0. The Hall–Kier alpha value is -0.900. The second kappa shape index (κ2) is 4.53. The van der Waals surface area contributed by atoms with Crippen molar-refractivity contribution in [2.45, 2.75) is 25.2 Å². The van der Waals surface area contributed by atoms with Crippen molar-refractivity contribution in [2.24, 2.45) is 5.92 Å². The molecule has 0 saturated heterocycles. The first-order valence-corrected chi connectivity index (χ1v) is 6.04. The maximum Gasteiger partial charge on any atom is 0.303 e. The molecule has 1 aliphatic carbocycles. The van der Waals surface area contributed by atoms with Crippen LogP contribution in [0.4, 0.5) is 4.39 Å². The van der Waals surface area contributed by atoms with E-state index < -0.39 is 5.97 Å². The summed E-state index contributed by atoms with van der Waals surface area (Å²) >= 11 is 3.20. The van der Waals surface area contributed by atoms with Gasteiger partial charge >= 0.3 is 5.97 Å². The molecule has 4 heteroatoms. The van der Waals surface area contributed by atoms with E-state index in [9.17, 15) is 9.18 Å². The lowest BCUT2D eigenvalue weighted by molar-refractivity contribution is -0.137. The van der Waals surface area contributed by atoms with E-state index in [1.54, 1.807) is 12.1 Å². The molecule has 1 aromatic carbocycles. The van der Waals surface area contributed by atoms with E-state index in [0.29, 0.717) is 10.4 Å². The monoisotopic (exact) mass is 286 g/mol. The van der Waals surface area contributed by atoms with Crippen LogP contribution in [0.3, 0.4) is 0 Å². The fraction of sp³-hybridized carbons (Fsp3) is 0.417. The van der Waals surface area contributed by atoms with Crippen molar-refractivity contribution < 1.29 is 14.3 Å².